The molecule has 1 saturated heterocycles. The second-order valence-corrected chi connectivity index (χ2v) is 7.85. The van der Waals surface area contributed by atoms with Crippen LogP contribution in [0.3, 0.4) is 0 Å². The number of ether oxygens (including phenoxy) is 2. The number of methoxy groups -OCH3 is 1. The van der Waals surface area contributed by atoms with Crippen LogP contribution in [0.2, 0.25) is 0 Å². The molecular formula is C17H33N3O3. The van der Waals surface area contributed by atoms with Crippen molar-refractivity contribution in [3.05, 3.63) is 0 Å². The fourth-order valence-corrected chi connectivity index (χ4v) is 3.57. The molecule has 6 heteroatoms. The number of rotatable bonds is 3. The van der Waals surface area contributed by atoms with Crippen molar-refractivity contribution in [2.75, 3.05) is 33.4 Å². The van der Waals surface area contributed by atoms with Crippen LogP contribution >= 0.6 is 0 Å². The lowest BCUT2D eigenvalue weighted by molar-refractivity contribution is -0.0262. The fourth-order valence-electron chi connectivity index (χ4n) is 3.57. The molecule has 0 radical (unpaired) electrons. The molecule has 134 valence electrons. The van der Waals surface area contributed by atoms with Crippen LogP contribution in [0.1, 0.15) is 46.5 Å². The molecule has 1 heterocycles. The summed E-state index contributed by atoms with van der Waals surface area (Å²) >= 11 is 0. The Morgan fingerprint density at radius 1 is 1.17 bits per heavy atom. The van der Waals surface area contributed by atoms with E-state index in [0.717, 1.165) is 38.8 Å². The highest BCUT2D eigenvalue weighted by Gasteiger charge is 2.36. The molecule has 1 amide bonds. The van der Waals surface area contributed by atoms with Crippen LogP contribution in [0.5, 0.6) is 0 Å². The number of nitrogens with two attached hydrogens (primary N) is 1. The van der Waals surface area contributed by atoms with Gasteiger partial charge in [-0.2, -0.15) is 0 Å². The Bertz CT molecular complexity index is 389. The molecule has 2 aliphatic rings. The van der Waals surface area contributed by atoms with Gasteiger partial charge in [-0.15, -0.1) is 0 Å². The standard InChI is InChI=1S/C17H33N3O3/c1-17(2,3)23-16(21)20-10-9-19(11-15(20)12-22-4)14-7-5-13(18)6-8-14/h13-15H,5-12,18H2,1-4H3/t13?,14?,15-/m1/s1. The third kappa shape index (κ3) is 5.33. The molecule has 6 nitrogen and oxygen atoms in total. The van der Waals surface area contributed by atoms with Gasteiger partial charge in [0.15, 0.2) is 0 Å². The largest absolute Gasteiger partial charge is 0.444 e. The molecule has 1 atom stereocenters. The van der Waals surface area contributed by atoms with Gasteiger partial charge in [0.25, 0.3) is 0 Å². The van der Waals surface area contributed by atoms with Crippen molar-refractivity contribution in [2.24, 2.45) is 5.73 Å². The normalized spacial score (nSPS) is 30.3. The van der Waals surface area contributed by atoms with E-state index in [1.54, 1.807) is 7.11 Å². The fraction of sp³-hybridized carbons (Fsp3) is 0.941. The molecule has 0 spiro atoms. The van der Waals surface area contributed by atoms with E-state index in [1.807, 2.05) is 25.7 Å². The minimum absolute atomic E-state index is 0.0548. The van der Waals surface area contributed by atoms with Gasteiger partial charge in [0.1, 0.15) is 5.60 Å². The molecule has 23 heavy (non-hydrogen) atoms. The van der Waals surface area contributed by atoms with Gasteiger partial charge in [-0.3, -0.25) is 4.90 Å². The molecule has 0 bridgehead atoms. The van der Waals surface area contributed by atoms with Crippen LogP contribution < -0.4 is 5.73 Å². The van der Waals surface area contributed by atoms with Gasteiger partial charge < -0.3 is 20.1 Å². The molecule has 1 aliphatic carbocycles. The number of nitrogens with zero attached hydrogens (tertiary/aromatic N) is 2. The Balaban J connectivity index is 1.95. The molecule has 0 aromatic heterocycles. The van der Waals surface area contributed by atoms with Crippen LogP contribution in [0, 0.1) is 0 Å². The van der Waals surface area contributed by atoms with Crippen molar-refractivity contribution in [3.63, 3.8) is 0 Å². The second kappa shape index (κ2) is 7.81. The average Bonchev–Trinajstić information content (AvgIpc) is 2.46. The van der Waals surface area contributed by atoms with Gasteiger partial charge in [0.05, 0.1) is 12.6 Å². The lowest BCUT2D eigenvalue weighted by Crippen LogP contribution is -2.60. The zero-order valence-corrected chi connectivity index (χ0v) is 15.1. The molecular weight excluding hydrogens is 294 g/mol. The summed E-state index contributed by atoms with van der Waals surface area (Å²) in [5, 5.41) is 0. The van der Waals surface area contributed by atoms with Gasteiger partial charge in [0.2, 0.25) is 0 Å². The van der Waals surface area contributed by atoms with Crippen molar-refractivity contribution >= 4 is 6.09 Å². The topological polar surface area (TPSA) is 68.0 Å². The maximum Gasteiger partial charge on any atom is 0.410 e. The van der Waals surface area contributed by atoms with Crippen LogP contribution in [0.25, 0.3) is 0 Å². The average molecular weight is 327 g/mol. The summed E-state index contributed by atoms with van der Waals surface area (Å²) in [6.45, 7) is 8.70. The SMILES string of the molecule is COC[C@H]1CN(C2CCC(N)CC2)CCN1C(=O)OC(C)(C)C. The highest BCUT2D eigenvalue weighted by Crippen LogP contribution is 2.25. The summed E-state index contributed by atoms with van der Waals surface area (Å²) in [5.41, 5.74) is 5.55. The summed E-state index contributed by atoms with van der Waals surface area (Å²) in [6, 6.07) is 1.01. The first kappa shape index (κ1) is 18.5. The van der Waals surface area contributed by atoms with E-state index in [4.69, 9.17) is 15.2 Å². The van der Waals surface area contributed by atoms with E-state index in [1.165, 1.54) is 0 Å². The minimum Gasteiger partial charge on any atom is -0.444 e. The van der Waals surface area contributed by atoms with E-state index >= 15 is 0 Å². The summed E-state index contributed by atoms with van der Waals surface area (Å²) < 4.78 is 10.9. The van der Waals surface area contributed by atoms with E-state index in [9.17, 15) is 4.79 Å². The number of hydrogen-bond donors (Lipinski definition) is 1. The summed E-state index contributed by atoms with van der Waals surface area (Å²) in [6.07, 6.45) is 4.29. The van der Waals surface area contributed by atoms with Crippen molar-refractivity contribution in [1.82, 2.24) is 9.80 Å². The number of carbonyl (C=O) groups is 1. The first-order chi connectivity index (χ1) is 10.8. The molecule has 0 aromatic rings. The van der Waals surface area contributed by atoms with Crippen molar-refractivity contribution in [3.8, 4) is 0 Å². The van der Waals surface area contributed by atoms with Gasteiger partial charge >= 0.3 is 6.09 Å². The quantitative estimate of drug-likeness (QED) is 0.856. The predicted molar refractivity (Wildman–Crippen MR) is 90.4 cm³/mol. The smallest absolute Gasteiger partial charge is 0.410 e. The van der Waals surface area contributed by atoms with Crippen molar-refractivity contribution < 1.29 is 14.3 Å². The lowest BCUT2D eigenvalue weighted by atomic mass is 9.90. The molecule has 0 unspecified atom stereocenters. The van der Waals surface area contributed by atoms with Gasteiger partial charge in [-0.1, -0.05) is 0 Å². The molecule has 2 rings (SSSR count). The maximum atomic E-state index is 12.4. The maximum absolute atomic E-state index is 12.4. The Morgan fingerprint density at radius 3 is 2.39 bits per heavy atom. The van der Waals surface area contributed by atoms with Crippen LogP contribution in [0.15, 0.2) is 0 Å². The highest BCUT2D eigenvalue weighted by atomic mass is 16.6. The van der Waals surface area contributed by atoms with Crippen LogP contribution in [-0.2, 0) is 9.47 Å². The Hall–Kier alpha value is -0.850. The highest BCUT2D eigenvalue weighted by molar-refractivity contribution is 5.68. The predicted octanol–water partition coefficient (Wildman–Crippen LogP) is 1.82. The first-order valence-corrected chi connectivity index (χ1v) is 8.78. The zero-order chi connectivity index (χ0) is 17.0. The van der Waals surface area contributed by atoms with Gasteiger partial charge in [0, 0.05) is 38.8 Å². The molecule has 2 N–H and O–H groups in total. The van der Waals surface area contributed by atoms with Gasteiger partial charge in [-0.05, 0) is 46.5 Å². The molecule has 1 saturated carbocycles. The molecule has 2 fully saturated rings. The Morgan fingerprint density at radius 2 is 1.83 bits per heavy atom. The van der Waals surface area contributed by atoms with E-state index in [-0.39, 0.29) is 12.1 Å². The van der Waals surface area contributed by atoms with Gasteiger partial charge in [-0.25, -0.2) is 4.79 Å². The molecule has 0 aromatic carbocycles. The van der Waals surface area contributed by atoms with Crippen molar-refractivity contribution in [1.29, 1.82) is 0 Å². The summed E-state index contributed by atoms with van der Waals surface area (Å²) in [5.74, 6) is 0. The summed E-state index contributed by atoms with van der Waals surface area (Å²) in [7, 11) is 1.69. The van der Waals surface area contributed by atoms with Crippen molar-refractivity contribution in [2.45, 2.75) is 70.2 Å². The first-order valence-electron chi connectivity index (χ1n) is 8.78. The Kier molecular flexibility index (Phi) is 6.28. The second-order valence-electron chi connectivity index (χ2n) is 7.85. The third-order valence-corrected chi connectivity index (χ3v) is 4.76. The van der Waals surface area contributed by atoms with E-state index in [0.29, 0.717) is 25.2 Å². The van der Waals surface area contributed by atoms with Crippen LogP contribution in [0.4, 0.5) is 4.79 Å². The minimum atomic E-state index is -0.467. The number of piperazine rings is 1. The number of carbonyl (C=O) groups excluding carboxylic acids is 1. The summed E-state index contributed by atoms with van der Waals surface area (Å²) in [4.78, 5) is 16.8. The Labute approximate surface area is 140 Å². The molecule has 1 aliphatic heterocycles. The number of amides is 1. The van der Waals surface area contributed by atoms with Crippen LogP contribution in [-0.4, -0.2) is 73.0 Å². The van der Waals surface area contributed by atoms with E-state index in [2.05, 4.69) is 4.90 Å². The monoisotopic (exact) mass is 327 g/mol. The lowest BCUT2D eigenvalue weighted by Gasteiger charge is -2.45. The number of hydrogen-bond acceptors (Lipinski definition) is 5. The third-order valence-electron chi connectivity index (χ3n) is 4.76. The zero-order valence-electron chi connectivity index (χ0n) is 15.1. The van der Waals surface area contributed by atoms with E-state index < -0.39 is 5.60 Å².